The van der Waals surface area contributed by atoms with Crippen molar-refractivity contribution in [1.82, 2.24) is 4.98 Å². The molecule has 0 saturated heterocycles. The molecule has 0 radical (unpaired) electrons. The quantitative estimate of drug-likeness (QED) is 0.920. The molecule has 7 heteroatoms. The minimum Gasteiger partial charge on any atom is -0.266 e. The zero-order chi connectivity index (χ0) is 12.2. The van der Waals surface area contributed by atoms with Crippen molar-refractivity contribution in [2.24, 2.45) is 0 Å². The molecule has 0 spiro atoms. The average molecular weight is 304 g/mol. The van der Waals surface area contributed by atoms with Gasteiger partial charge in [0.2, 0.25) is 10.0 Å². The number of anilines is 1. The Labute approximate surface area is 103 Å². The normalized spacial score (nSPS) is 12.8. The van der Waals surface area contributed by atoms with E-state index in [-0.39, 0.29) is 12.2 Å². The number of halogens is 1. The van der Waals surface area contributed by atoms with Crippen molar-refractivity contribution in [3.8, 4) is 6.07 Å². The third-order valence-electron chi connectivity index (χ3n) is 1.86. The predicted molar refractivity (Wildman–Crippen MR) is 64.2 cm³/mol. The number of pyridine rings is 1. The zero-order valence-electron chi connectivity index (χ0n) is 8.51. The molecular formula is C9H10BrN3O2S. The van der Waals surface area contributed by atoms with E-state index >= 15 is 0 Å². The lowest BCUT2D eigenvalue weighted by Crippen LogP contribution is -2.26. The summed E-state index contributed by atoms with van der Waals surface area (Å²) in [5, 5.41) is 7.63. The lowest BCUT2D eigenvalue weighted by atomic mass is 10.4. The number of nitrogens with one attached hydrogen (secondary N) is 1. The van der Waals surface area contributed by atoms with Gasteiger partial charge >= 0.3 is 0 Å². The molecule has 16 heavy (non-hydrogen) atoms. The van der Waals surface area contributed by atoms with Crippen LogP contribution in [0.25, 0.3) is 0 Å². The summed E-state index contributed by atoms with van der Waals surface area (Å²) in [4.78, 5) is 3.87. The number of nitriles is 1. The largest absolute Gasteiger partial charge is 0.266 e. The molecule has 1 aromatic rings. The molecule has 0 aliphatic carbocycles. The monoisotopic (exact) mass is 303 g/mol. The lowest BCUT2D eigenvalue weighted by molar-refractivity contribution is 0.592. The molecule has 0 aliphatic rings. The molecule has 0 saturated carbocycles. The highest BCUT2D eigenvalue weighted by atomic mass is 79.9. The summed E-state index contributed by atoms with van der Waals surface area (Å²) in [7, 11) is -3.68. The van der Waals surface area contributed by atoms with Crippen LogP contribution in [0, 0.1) is 11.3 Å². The Morgan fingerprint density at radius 3 is 2.75 bits per heavy atom. The molecule has 1 unspecified atom stereocenters. The van der Waals surface area contributed by atoms with Crippen LogP contribution in [0.3, 0.4) is 0 Å². The van der Waals surface area contributed by atoms with Gasteiger partial charge in [0.25, 0.3) is 0 Å². The third kappa shape index (κ3) is 3.18. The van der Waals surface area contributed by atoms with E-state index < -0.39 is 15.3 Å². The number of hydrogen-bond acceptors (Lipinski definition) is 4. The molecule has 0 aromatic carbocycles. The first-order chi connectivity index (χ1) is 7.49. The maximum Gasteiger partial charge on any atom is 0.250 e. The molecule has 5 nitrogen and oxygen atoms in total. The Morgan fingerprint density at radius 2 is 2.31 bits per heavy atom. The van der Waals surface area contributed by atoms with Crippen molar-refractivity contribution < 1.29 is 8.42 Å². The van der Waals surface area contributed by atoms with Crippen LogP contribution in [0.2, 0.25) is 0 Å². The topological polar surface area (TPSA) is 82.8 Å². The van der Waals surface area contributed by atoms with E-state index in [1.807, 2.05) is 0 Å². The van der Waals surface area contributed by atoms with Gasteiger partial charge in [-0.2, -0.15) is 5.26 Å². The van der Waals surface area contributed by atoms with Crippen molar-refractivity contribution in [3.05, 3.63) is 22.8 Å². The minimum absolute atomic E-state index is 0.205. The van der Waals surface area contributed by atoms with Crippen molar-refractivity contribution >= 4 is 31.8 Å². The van der Waals surface area contributed by atoms with Crippen molar-refractivity contribution in [1.29, 1.82) is 5.26 Å². The van der Waals surface area contributed by atoms with E-state index in [4.69, 9.17) is 5.26 Å². The zero-order valence-corrected chi connectivity index (χ0v) is 10.9. The number of rotatable bonds is 4. The Morgan fingerprint density at radius 1 is 1.62 bits per heavy atom. The van der Waals surface area contributed by atoms with Gasteiger partial charge in [0.05, 0.1) is 6.07 Å². The summed E-state index contributed by atoms with van der Waals surface area (Å²) in [5.74, 6) is 0.205. The van der Waals surface area contributed by atoms with E-state index in [0.717, 1.165) is 4.47 Å². The van der Waals surface area contributed by atoms with Gasteiger partial charge in [-0.3, -0.25) is 4.72 Å². The van der Waals surface area contributed by atoms with Crippen molar-refractivity contribution in [2.45, 2.75) is 18.6 Å². The van der Waals surface area contributed by atoms with Gasteiger partial charge in [-0.05, 0) is 34.5 Å². The van der Waals surface area contributed by atoms with E-state index in [1.54, 1.807) is 19.1 Å². The van der Waals surface area contributed by atoms with Gasteiger partial charge in [0, 0.05) is 10.7 Å². The van der Waals surface area contributed by atoms with E-state index in [1.165, 1.54) is 12.3 Å². The molecule has 0 amide bonds. The highest BCUT2D eigenvalue weighted by molar-refractivity contribution is 9.10. The minimum atomic E-state index is -3.68. The number of aromatic nitrogens is 1. The van der Waals surface area contributed by atoms with Crippen LogP contribution >= 0.6 is 15.9 Å². The Balaban J connectivity index is 2.89. The molecule has 1 atom stereocenters. The summed E-state index contributed by atoms with van der Waals surface area (Å²) in [6.07, 6.45) is 1.72. The van der Waals surface area contributed by atoms with Crippen LogP contribution in [0.4, 0.5) is 5.82 Å². The lowest BCUT2D eigenvalue weighted by Gasteiger charge is -2.10. The van der Waals surface area contributed by atoms with Gasteiger partial charge < -0.3 is 0 Å². The summed E-state index contributed by atoms with van der Waals surface area (Å²) in [5.41, 5.74) is 0. The second-order valence-electron chi connectivity index (χ2n) is 3.03. The molecule has 0 bridgehead atoms. The second-order valence-corrected chi connectivity index (χ2v) is 5.81. The maximum absolute atomic E-state index is 11.7. The van der Waals surface area contributed by atoms with Gasteiger partial charge in [-0.15, -0.1) is 0 Å². The Hall–Kier alpha value is -1.13. The van der Waals surface area contributed by atoms with Crippen molar-refractivity contribution in [2.75, 3.05) is 4.72 Å². The molecule has 1 rings (SSSR count). The van der Waals surface area contributed by atoms with Gasteiger partial charge in [0.1, 0.15) is 5.82 Å². The Bertz CT molecular complexity index is 492. The van der Waals surface area contributed by atoms with E-state index in [9.17, 15) is 8.42 Å². The fraction of sp³-hybridized carbons (Fsp3) is 0.333. The van der Waals surface area contributed by atoms with Gasteiger partial charge in [-0.1, -0.05) is 6.92 Å². The number of sulfonamides is 1. The van der Waals surface area contributed by atoms with Crippen LogP contribution in [0.15, 0.2) is 22.8 Å². The predicted octanol–water partition coefficient (Wildman–Crippen LogP) is 1.89. The molecule has 1 heterocycles. The Kier molecular flexibility index (Phi) is 4.26. The van der Waals surface area contributed by atoms with Crippen LogP contribution in [0.5, 0.6) is 0 Å². The number of hydrogen-bond donors (Lipinski definition) is 1. The second kappa shape index (κ2) is 5.27. The van der Waals surface area contributed by atoms with E-state index in [0.29, 0.717) is 0 Å². The average Bonchev–Trinajstić information content (AvgIpc) is 2.22. The number of nitrogens with zero attached hydrogens (tertiary/aromatic N) is 2. The summed E-state index contributed by atoms with van der Waals surface area (Å²) < 4.78 is 26.3. The fourth-order valence-electron chi connectivity index (χ4n) is 1.03. The molecule has 0 aliphatic heterocycles. The highest BCUT2D eigenvalue weighted by Gasteiger charge is 2.23. The van der Waals surface area contributed by atoms with Gasteiger partial charge in [0.15, 0.2) is 5.25 Å². The third-order valence-corrected chi connectivity index (χ3v) is 4.01. The first-order valence-corrected chi connectivity index (χ1v) is 6.86. The SMILES string of the molecule is CCC(C#N)S(=O)(=O)Nc1ccc(Br)cn1. The van der Waals surface area contributed by atoms with Crippen LogP contribution in [0.1, 0.15) is 13.3 Å². The van der Waals surface area contributed by atoms with Crippen LogP contribution in [-0.2, 0) is 10.0 Å². The fourth-order valence-corrected chi connectivity index (χ4v) is 2.40. The molecule has 1 aromatic heterocycles. The summed E-state index contributed by atoms with van der Waals surface area (Å²) in [6.45, 7) is 1.64. The maximum atomic E-state index is 11.7. The molecule has 1 N–H and O–H groups in total. The van der Waals surface area contributed by atoms with E-state index in [2.05, 4.69) is 25.6 Å². The summed E-state index contributed by atoms with van der Waals surface area (Å²) in [6, 6.07) is 4.92. The van der Waals surface area contributed by atoms with Crippen LogP contribution < -0.4 is 4.72 Å². The molecular weight excluding hydrogens is 294 g/mol. The van der Waals surface area contributed by atoms with Gasteiger partial charge in [-0.25, -0.2) is 13.4 Å². The summed E-state index contributed by atoms with van der Waals surface area (Å²) >= 11 is 3.19. The highest BCUT2D eigenvalue weighted by Crippen LogP contribution is 2.14. The first kappa shape index (κ1) is 12.9. The van der Waals surface area contributed by atoms with Crippen molar-refractivity contribution in [3.63, 3.8) is 0 Å². The molecule has 0 fully saturated rings. The standard InChI is InChI=1S/C9H10BrN3O2S/c1-2-8(5-11)16(14,15)13-9-4-3-7(10)6-12-9/h3-4,6,8H,2H2,1H3,(H,12,13). The smallest absolute Gasteiger partial charge is 0.250 e. The first-order valence-electron chi connectivity index (χ1n) is 4.52. The van der Waals surface area contributed by atoms with Crippen LogP contribution in [-0.4, -0.2) is 18.7 Å². The molecule has 86 valence electrons.